The Labute approximate surface area is 132 Å². The van der Waals surface area contributed by atoms with E-state index < -0.39 is 5.54 Å². The van der Waals surface area contributed by atoms with Gasteiger partial charge >= 0.3 is 6.03 Å². The lowest BCUT2D eigenvalue weighted by Crippen LogP contribution is -2.54. The lowest BCUT2D eigenvalue weighted by molar-refractivity contribution is 0.154. The molecule has 122 valence electrons. The maximum absolute atomic E-state index is 12.3. The fraction of sp³-hybridized carbons (Fsp3) is 0.588. The Balaban J connectivity index is 2.05. The third kappa shape index (κ3) is 3.71. The van der Waals surface area contributed by atoms with Crippen LogP contribution in [0.4, 0.5) is 4.79 Å². The highest BCUT2D eigenvalue weighted by Gasteiger charge is 2.42. The number of methoxy groups -OCH3 is 1. The Kier molecular flexibility index (Phi) is 5.29. The number of urea groups is 1. The van der Waals surface area contributed by atoms with Gasteiger partial charge in [-0.15, -0.1) is 0 Å². The number of amides is 2. The molecule has 22 heavy (non-hydrogen) atoms. The van der Waals surface area contributed by atoms with Crippen molar-refractivity contribution in [2.24, 2.45) is 5.92 Å². The molecule has 2 rings (SSSR count). The van der Waals surface area contributed by atoms with Crippen LogP contribution in [0.15, 0.2) is 24.3 Å². The van der Waals surface area contributed by atoms with Gasteiger partial charge in [-0.3, -0.25) is 0 Å². The Morgan fingerprint density at radius 1 is 1.45 bits per heavy atom. The van der Waals surface area contributed by atoms with Gasteiger partial charge in [0, 0.05) is 5.56 Å². The van der Waals surface area contributed by atoms with Gasteiger partial charge in [0.2, 0.25) is 0 Å². The van der Waals surface area contributed by atoms with Crippen LogP contribution in [0.5, 0.6) is 5.75 Å². The average Bonchev–Trinajstić information content (AvgIpc) is 3.37. The molecule has 0 saturated heterocycles. The molecule has 1 saturated carbocycles. The molecule has 2 atom stereocenters. The lowest BCUT2D eigenvalue weighted by Gasteiger charge is -2.30. The zero-order valence-corrected chi connectivity index (χ0v) is 13.6. The molecule has 0 radical (unpaired) electrons. The molecule has 1 aromatic carbocycles. The first-order chi connectivity index (χ1) is 10.5. The van der Waals surface area contributed by atoms with Crippen LogP contribution in [0, 0.1) is 5.92 Å². The number of aliphatic hydroxyl groups is 1. The van der Waals surface area contributed by atoms with Crippen LogP contribution in [0.1, 0.15) is 44.7 Å². The minimum atomic E-state index is -0.539. The van der Waals surface area contributed by atoms with Gasteiger partial charge in [0.15, 0.2) is 0 Å². The second kappa shape index (κ2) is 7.01. The van der Waals surface area contributed by atoms with Crippen molar-refractivity contribution in [3.05, 3.63) is 29.8 Å². The van der Waals surface area contributed by atoms with E-state index in [4.69, 9.17) is 4.74 Å². The van der Waals surface area contributed by atoms with E-state index in [2.05, 4.69) is 10.6 Å². The summed E-state index contributed by atoms with van der Waals surface area (Å²) in [4.78, 5) is 12.3. The lowest BCUT2D eigenvalue weighted by atomic mass is 9.97. The van der Waals surface area contributed by atoms with Crippen molar-refractivity contribution in [2.75, 3.05) is 13.7 Å². The van der Waals surface area contributed by atoms with Crippen LogP contribution in [0.3, 0.4) is 0 Å². The highest BCUT2D eigenvalue weighted by molar-refractivity contribution is 5.75. The van der Waals surface area contributed by atoms with Crippen LogP contribution >= 0.6 is 0 Å². The van der Waals surface area contributed by atoms with Crippen molar-refractivity contribution in [3.8, 4) is 5.75 Å². The third-order valence-electron chi connectivity index (χ3n) is 4.43. The van der Waals surface area contributed by atoms with E-state index in [0.29, 0.717) is 5.92 Å². The maximum Gasteiger partial charge on any atom is 0.315 e. The zero-order valence-electron chi connectivity index (χ0n) is 13.6. The van der Waals surface area contributed by atoms with Crippen LogP contribution in [0.25, 0.3) is 0 Å². The van der Waals surface area contributed by atoms with Gasteiger partial charge in [-0.2, -0.15) is 0 Å². The van der Waals surface area contributed by atoms with E-state index in [1.54, 1.807) is 7.11 Å². The standard InChI is InChI=1S/C17H26N2O3/c1-4-14(13-7-5-6-8-15(13)22-3)18-16(21)19-17(2,11-20)12-9-10-12/h5-8,12,14,20H,4,9-11H2,1-3H3,(H2,18,19,21)/t14-,17-/m1/s1. The predicted octanol–water partition coefficient (Wildman–Crippen LogP) is 2.61. The monoisotopic (exact) mass is 306 g/mol. The Morgan fingerprint density at radius 2 is 2.14 bits per heavy atom. The molecule has 2 amide bonds. The summed E-state index contributed by atoms with van der Waals surface area (Å²) in [6, 6.07) is 7.31. The first-order valence-electron chi connectivity index (χ1n) is 7.86. The molecule has 0 aromatic heterocycles. The van der Waals surface area contributed by atoms with Gasteiger partial charge in [0.25, 0.3) is 0 Å². The maximum atomic E-state index is 12.3. The van der Waals surface area contributed by atoms with Crippen molar-refractivity contribution in [1.29, 1.82) is 0 Å². The van der Waals surface area contributed by atoms with Crippen LogP contribution < -0.4 is 15.4 Å². The summed E-state index contributed by atoms with van der Waals surface area (Å²) in [6.45, 7) is 3.87. The van der Waals surface area contributed by atoms with Crippen molar-refractivity contribution < 1.29 is 14.6 Å². The number of hydrogen-bond acceptors (Lipinski definition) is 3. The number of carbonyl (C=O) groups is 1. The first kappa shape index (κ1) is 16.6. The molecule has 1 fully saturated rings. The van der Waals surface area contributed by atoms with E-state index in [-0.39, 0.29) is 18.7 Å². The largest absolute Gasteiger partial charge is 0.496 e. The van der Waals surface area contributed by atoms with Crippen LogP contribution in [-0.4, -0.2) is 30.4 Å². The molecule has 1 aliphatic rings. The number of hydrogen-bond donors (Lipinski definition) is 3. The summed E-state index contributed by atoms with van der Waals surface area (Å²) in [6.07, 6.45) is 2.87. The highest BCUT2D eigenvalue weighted by atomic mass is 16.5. The topological polar surface area (TPSA) is 70.6 Å². The molecule has 0 spiro atoms. The van der Waals surface area contributed by atoms with Gasteiger partial charge in [0.1, 0.15) is 5.75 Å². The fourth-order valence-electron chi connectivity index (χ4n) is 2.80. The van der Waals surface area contributed by atoms with Gasteiger partial charge in [0.05, 0.1) is 25.3 Å². The summed E-state index contributed by atoms with van der Waals surface area (Å²) < 4.78 is 5.37. The zero-order chi connectivity index (χ0) is 16.2. The SMILES string of the molecule is CC[C@@H](NC(=O)N[C@](C)(CO)C1CC1)c1ccccc1OC. The molecule has 5 heteroatoms. The molecule has 1 aromatic rings. The summed E-state index contributed by atoms with van der Waals surface area (Å²) in [5.74, 6) is 1.14. The van der Waals surface area contributed by atoms with E-state index in [9.17, 15) is 9.90 Å². The molecule has 0 bridgehead atoms. The Bertz CT molecular complexity index is 516. The minimum absolute atomic E-state index is 0.0451. The number of rotatable bonds is 7. The van der Waals surface area contributed by atoms with E-state index in [1.807, 2.05) is 38.1 Å². The molecule has 1 aliphatic carbocycles. The summed E-state index contributed by atoms with van der Waals surface area (Å²) >= 11 is 0. The van der Waals surface area contributed by atoms with E-state index in [0.717, 1.165) is 30.6 Å². The molecule has 0 unspecified atom stereocenters. The number of nitrogens with one attached hydrogen (secondary N) is 2. The molecule has 0 heterocycles. The number of aliphatic hydroxyl groups excluding tert-OH is 1. The van der Waals surface area contributed by atoms with E-state index >= 15 is 0 Å². The fourth-order valence-corrected chi connectivity index (χ4v) is 2.80. The normalized spacial score (nSPS) is 18.2. The minimum Gasteiger partial charge on any atom is -0.496 e. The molecule has 3 N–H and O–H groups in total. The Morgan fingerprint density at radius 3 is 2.68 bits per heavy atom. The molecular weight excluding hydrogens is 280 g/mol. The smallest absolute Gasteiger partial charge is 0.315 e. The van der Waals surface area contributed by atoms with Gasteiger partial charge < -0.3 is 20.5 Å². The number of ether oxygens (including phenoxy) is 1. The average molecular weight is 306 g/mol. The first-order valence-corrected chi connectivity index (χ1v) is 7.86. The second-order valence-corrected chi connectivity index (χ2v) is 6.15. The molecular formula is C17H26N2O3. The summed E-state index contributed by atoms with van der Waals surface area (Å²) in [5, 5.41) is 15.5. The van der Waals surface area contributed by atoms with Crippen molar-refractivity contribution in [3.63, 3.8) is 0 Å². The Hall–Kier alpha value is -1.75. The molecule has 0 aliphatic heterocycles. The van der Waals surface area contributed by atoms with Crippen LogP contribution in [0.2, 0.25) is 0 Å². The van der Waals surface area contributed by atoms with Crippen molar-refractivity contribution >= 4 is 6.03 Å². The number of carbonyl (C=O) groups excluding carboxylic acids is 1. The van der Waals surface area contributed by atoms with E-state index in [1.165, 1.54) is 0 Å². The quantitative estimate of drug-likeness (QED) is 0.725. The predicted molar refractivity (Wildman–Crippen MR) is 85.9 cm³/mol. The van der Waals surface area contributed by atoms with Crippen molar-refractivity contribution in [1.82, 2.24) is 10.6 Å². The second-order valence-electron chi connectivity index (χ2n) is 6.15. The summed E-state index contributed by atoms with van der Waals surface area (Å²) in [5.41, 5.74) is 0.420. The number of benzene rings is 1. The summed E-state index contributed by atoms with van der Waals surface area (Å²) in [7, 11) is 1.63. The van der Waals surface area contributed by atoms with Crippen molar-refractivity contribution in [2.45, 2.75) is 44.7 Å². The highest BCUT2D eigenvalue weighted by Crippen LogP contribution is 2.39. The van der Waals surface area contributed by atoms with Gasteiger partial charge in [-0.1, -0.05) is 25.1 Å². The van der Waals surface area contributed by atoms with Crippen LogP contribution in [-0.2, 0) is 0 Å². The van der Waals surface area contributed by atoms with Gasteiger partial charge in [-0.25, -0.2) is 4.79 Å². The molecule has 5 nitrogen and oxygen atoms in total. The third-order valence-corrected chi connectivity index (χ3v) is 4.43. The number of para-hydroxylation sites is 1. The van der Waals surface area contributed by atoms with Gasteiger partial charge in [-0.05, 0) is 38.2 Å².